The van der Waals surface area contributed by atoms with Crippen molar-refractivity contribution < 1.29 is 9.72 Å². The Morgan fingerprint density at radius 2 is 2.20 bits per heavy atom. The Kier molecular flexibility index (Phi) is 3.21. The maximum Gasteiger partial charge on any atom is 0.287 e. The van der Waals surface area contributed by atoms with E-state index in [0.29, 0.717) is 3.57 Å². The van der Waals surface area contributed by atoms with E-state index in [1.54, 1.807) is 28.7 Å². The minimum absolute atomic E-state index is 0.0429. The van der Waals surface area contributed by atoms with Gasteiger partial charge in [0.05, 0.1) is 10.5 Å². The van der Waals surface area contributed by atoms with Crippen LogP contribution in [0.25, 0.3) is 0 Å². The average molecular weight is 317 g/mol. The van der Waals surface area contributed by atoms with Crippen LogP contribution in [0, 0.1) is 25.0 Å². The van der Waals surface area contributed by atoms with Gasteiger partial charge in [0.15, 0.2) is 0 Å². The molecule has 1 rings (SSSR count). The van der Waals surface area contributed by atoms with Gasteiger partial charge in [-0.1, -0.05) is 0 Å². The molecule has 6 nitrogen and oxygen atoms in total. The van der Waals surface area contributed by atoms with E-state index >= 15 is 0 Å². The van der Waals surface area contributed by atoms with Crippen LogP contribution >= 0.6 is 22.6 Å². The number of benzene rings is 1. The van der Waals surface area contributed by atoms with Gasteiger partial charge in [0.2, 0.25) is 5.91 Å². The van der Waals surface area contributed by atoms with Crippen molar-refractivity contribution in [3.8, 4) is 6.07 Å². The van der Waals surface area contributed by atoms with Gasteiger partial charge in [-0.25, -0.2) is 0 Å². The fourth-order valence-corrected chi connectivity index (χ4v) is 1.72. The van der Waals surface area contributed by atoms with Gasteiger partial charge in [-0.15, -0.1) is 0 Å². The van der Waals surface area contributed by atoms with Gasteiger partial charge in [-0.3, -0.25) is 14.9 Å². The van der Waals surface area contributed by atoms with Crippen LogP contribution in [0.3, 0.4) is 0 Å². The first-order chi connectivity index (χ1) is 6.97. The van der Waals surface area contributed by atoms with E-state index in [4.69, 9.17) is 11.0 Å². The van der Waals surface area contributed by atoms with Gasteiger partial charge in [0.1, 0.15) is 11.6 Å². The molecule has 15 heavy (non-hydrogen) atoms. The number of carbonyl (C=O) groups is 1. The highest BCUT2D eigenvalue weighted by molar-refractivity contribution is 14.1. The van der Waals surface area contributed by atoms with Gasteiger partial charge < -0.3 is 5.73 Å². The number of nitro groups is 1. The number of hydrogen-bond donors (Lipinski definition) is 1. The van der Waals surface area contributed by atoms with Gasteiger partial charge in [-0.2, -0.15) is 5.26 Å². The molecule has 0 fully saturated rings. The first kappa shape index (κ1) is 11.4. The molecule has 0 bridgehead atoms. The Bertz CT molecular complexity index is 493. The van der Waals surface area contributed by atoms with Gasteiger partial charge in [-0.05, 0) is 28.7 Å². The molecule has 0 aliphatic heterocycles. The fraction of sp³-hybridized carbons (Fsp3) is 0. The van der Waals surface area contributed by atoms with Gasteiger partial charge >= 0.3 is 0 Å². The zero-order chi connectivity index (χ0) is 11.6. The van der Waals surface area contributed by atoms with E-state index in [2.05, 4.69) is 0 Å². The number of nitrogens with zero attached hydrogens (tertiary/aromatic N) is 2. The summed E-state index contributed by atoms with van der Waals surface area (Å²) in [6.07, 6.45) is 0. The molecule has 0 aliphatic carbocycles. The molecule has 0 aliphatic rings. The largest absolute Gasteiger partial charge is 0.366 e. The zero-order valence-corrected chi connectivity index (χ0v) is 9.39. The number of halogens is 1. The van der Waals surface area contributed by atoms with Crippen molar-refractivity contribution in [1.82, 2.24) is 0 Å². The van der Waals surface area contributed by atoms with Crippen LogP contribution in [0.2, 0.25) is 0 Å². The first-order valence-corrected chi connectivity index (χ1v) is 4.73. The van der Waals surface area contributed by atoms with Crippen molar-refractivity contribution in [3.05, 3.63) is 36.9 Å². The summed E-state index contributed by atoms with van der Waals surface area (Å²) in [5.41, 5.74) is 4.57. The number of hydrogen-bond acceptors (Lipinski definition) is 4. The number of rotatable bonds is 2. The summed E-state index contributed by atoms with van der Waals surface area (Å²) in [6, 6.07) is 3.96. The predicted molar refractivity (Wildman–Crippen MR) is 59.0 cm³/mol. The van der Waals surface area contributed by atoms with Crippen LogP contribution in [-0.2, 0) is 0 Å². The minimum Gasteiger partial charge on any atom is -0.366 e. The summed E-state index contributed by atoms with van der Waals surface area (Å²) in [4.78, 5) is 20.8. The molecule has 1 aromatic carbocycles. The lowest BCUT2D eigenvalue weighted by Crippen LogP contribution is -2.13. The van der Waals surface area contributed by atoms with Crippen LogP contribution in [-0.4, -0.2) is 10.8 Å². The fourth-order valence-electron chi connectivity index (χ4n) is 0.991. The number of primary amides is 1. The number of nitriles is 1. The topological polar surface area (TPSA) is 110 Å². The molecule has 0 radical (unpaired) electrons. The van der Waals surface area contributed by atoms with E-state index in [1.165, 1.54) is 6.07 Å². The molecule has 0 atom stereocenters. The van der Waals surface area contributed by atoms with Crippen molar-refractivity contribution in [2.75, 3.05) is 0 Å². The number of amides is 1. The first-order valence-electron chi connectivity index (χ1n) is 3.65. The third-order valence-corrected chi connectivity index (χ3v) is 2.56. The summed E-state index contributed by atoms with van der Waals surface area (Å²) in [5, 5.41) is 19.2. The van der Waals surface area contributed by atoms with Crippen LogP contribution in [0.5, 0.6) is 0 Å². The normalized spacial score (nSPS) is 9.33. The molecule has 0 spiro atoms. The van der Waals surface area contributed by atoms with E-state index in [9.17, 15) is 14.9 Å². The van der Waals surface area contributed by atoms with E-state index in [1.807, 2.05) is 0 Å². The van der Waals surface area contributed by atoms with E-state index in [-0.39, 0.29) is 11.1 Å². The van der Waals surface area contributed by atoms with E-state index < -0.39 is 16.5 Å². The highest BCUT2D eigenvalue weighted by atomic mass is 127. The number of nitro benzene ring substituents is 1. The Morgan fingerprint density at radius 1 is 1.60 bits per heavy atom. The second-order valence-corrected chi connectivity index (χ2v) is 3.74. The Morgan fingerprint density at radius 3 is 2.60 bits per heavy atom. The third kappa shape index (κ3) is 2.21. The second-order valence-electron chi connectivity index (χ2n) is 2.58. The van der Waals surface area contributed by atoms with Gasteiger partial charge in [0, 0.05) is 9.64 Å². The number of carbonyl (C=O) groups excluding carboxylic acids is 1. The monoisotopic (exact) mass is 317 g/mol. The zero-order valence-electron chi connectivity index (χ0n) is 7.23. The molecular weight excluding hydrogens is 313 g/mol. The summed E-state index contributed by atoms with van der Waals surface area (Å²) < 4.78 is 0.419. The van der Waals surface area contributed by atoms with Crippen LogP contribution < -0.4 is 5.73 Å². The molecular formula is C8H4IN3O3. The Balaban J connectivity index is 3.52. The molecule has 0 saturated heterocycles. The quantitative estimate of drug-likeness (QED) is 0.501. The molecule has 2 N–H and O–H groups in total. The summed E-state index contributed by atoms with van der Waals surface area (Å²) in [5.74, 6) is -0.757. The molecule has 0 saturated carbocycles. The van der Waals surface area contributed by atoms with Crippen LogP contribution in [0.1, 0.15) is 15.9 Å². The summed E-state index contributed by atoms with van der Waals surface area (Å²) in [6.45, 7) is 0. The standard InChI is InChI=1S/C8H4IN3O3/c9-6-1-4(3-10)7(12(14)15)2-5(6)8(11)13/h1-2H,(H2,11,13). The molecule has 0 unspecified atom stereocenters. The number of nitrogens with two attached hydrogens (primary N) is 1. The highest BCUT2D eigenvalue weighted by Crippen LogP contribution is 2.24. The predicted octanol–water partition coefficient (Wildman–Crippen LogP) is 1.17. The molecule has 0 heterocycles. The Labute approximate surface area is 98.0 Å². The third-order valence-electron chi connectivity index (χ3n) is 1.67. The van der Waals surface area contributed by atoms with Crippen molar-refractivity contribution in [3.63, 3.8) is 0 Å². The smallest absolute Gasteiger partial charge is 0.287 e. The van der Waals surface area contributed by atoms with E-state index in [0.717, 1.165) is 6.07 Å². The van der Waals surface area contributed by atoms with Crippen molar-refractivity contribution >= 4 is 34.2 Å². The van der Waals surface area contributed by atoms with Crippen LogP contribution in [0.4, 0.5) is 5.69 Å². The summed E-state index contributed by atoms with van der Waals surface area (Å²) >= 11 is 1.79. The highest BCUT2D eigenvalue weighted by Gasteiger charge is 2.19. The lowest BCUT2D eigenvalue weighted by molar-refractivity contribution is -0.385. The molecule has 1 aromatic rings. The maximum atomic E-state index is 10.9. The second kappa shape index (κ2) is 4.22. The molecule has 1 amide bonds. The van der Waals surface area contributed by atoms with Crippen molar-refractivity contribution in [2.24, 2.45) is 5.73 Å². The molecule has 76 valence electrons. The molecule has 7 heteroatoms. The lowest BCUT2D eigenvalue weighted by Gasteiger charge is -2.01. The summed E-state index contributed by atoms with van der Waals surface area (Å²) in [7, 11) is 0. The maximum absolute atomic E-state index is 10.9. The van der Waals surface area contributed by atoms with Crippen LogP contribution in [0.15, 0.2) is 12.1 Å². The minimum atomic E-state index is -0.757. The average Bonchev–Trinajstić information content (AvgIpc) is 2.16. The van der Waals surface area contributed by atoms with Crippen molar-refractivity contribution in [2.45, 2.75) is 0 Å². The van der Waals surface area contributed by atoms with Crippen molar-refractivity contribution in [1.29, 1.82) is 5.26 Å². The molecule has 0 aromatic heterocycles. The van der Waals surface area contributed by atoms with Gasteiger partial charge in [0.25, 0.3) is 5.69 Å². The SMILES string of the molecule is N#Cc1cc(I)c(C(N)=O)cc1[N+](=O)[O-]. The lowest BCUT2D eigenvalue weighted by atomic mass is 10.1. The Hall–Kier alpha value is -1.69.